The zero-order chi connectivity index (χ0) is 43.2. The summed E-state index contributed by atoms with van der Waals surface area (Å²) < 4.78 is 2.40. The molecule has 3 heterocycles. The van der Waals surface area contributed by atoms with Crippen molar-refractivity contribution in [3.05, 3.63) is 240 Å². The number of nitrogens with zero attached hydrogens (tertiary/aromatic N) is 4. The van der Waals surface area contributed by atoms with Crippen LogP contribution in [0, 0.1) is 13.8 Å². The van der Waals surface area contributed by atoms with E-state index in [4.69, 9.17) is 15.0 Å². The lowest BCUT2D eigenvalue weighted by molar-refractivity contribution is 0.719. The molecule has 0 amide bonds. The van der Waals surface area contributed by atoms with Gasteiger partial charge in [0, 0.05) is 42.9 Å². The van der Waals surface area contributed by atoms with E-state index < -0.39 is 5.41 Å². The molecule has 5 heteroatoms. The molecule has 65 heavy (non-hydrogen) atoms. The number of hydrogen-bond donors (Lipinski definition) is 0. The first-order valence-corrected chi connectivity index (χ1v) is 23.0. The molecule has 0 saturated heterocycles. The molecule has 0 bridgehead atoms. The van der Waals surface area contributed by atoms with Gasteiger partial charge in [0.05, 0.1) is 16.4 Å². The molecule has 1 aliphatic heterocycles. The molecule has 306 valence electrons. The summed E-state index contributed by atoms with van der Waals surface area (Å²) in [7, 11) is 0. The molecule has 4 nitrogen and oxygen atoms in total. The summed E-state index contributed by atoms with van der Waals surface area (Å²) in [5, 5.41) is 2.24. The highest BCUT2D eigenvalue weighted by atomic mass is 32.2. The fraction of sp³-hybridized carbons (Fsp3) is 0.0500. The monoisotopic (exact) mass is 848 g/mol. The maximum atomic E-state index is 5.20. The highest BCUT2D eigenvalue weighted by molar-refractivity contribution is 7.99. The van der Waals surface area contributed by atoms with Crippen LogP contribution in [0.25, 0.3) is 83.9 Å². The first kappa shape index (κ1) is 37.7. The van der Waals surface area contributed by atoms with E-state index in [2.05, 4.69) is 188 Å². The van der Waals surface area contributed by atoms with Crippen LogP contribution in [0.1, 0.15) is 33.4 Å². The second kappa shape index (κ2) is 14.6. The first-order chi connectivity index (χ1) is 32.0. The SMILES string of the molecule is Cc1ccc(-n2c3cc(-c4ccc5c(c4)-c4ccccc4C54c5ccccc5Sc5c(C)cccc54)ccc3c3c(-c4nc(-c5ccccc5)nc(-c5ccccc5)n4)cccc32)cc1. The molecule has 1 atom stereocenters. The number of benzene rings is 9. The molecule has 1 aliphatic carbocycles. The average molecular weight is 849 g/mol. The smallest absolute Gasteiger partial charge is 0.164 e. The normalized spacial score (nSPS) is 14.6. The zero-order valence-corrected chi connectivity index (χ0v) is 36.6. The fourth-order valence-electron chi connectivity index (χ4n) is 10.6. The Morgan fingerprint density at radius 2 is 1.02 bits per heavy atom. The number of rotatable bonds is 5. The van der Waals surface area contributed by atoms with Crippen LogP contribution in [0.15, 0.2) is 216 Å². The minimum Gasteiger partial charge on any atom is -0.309 e. The maximum Gasteiger partial charge on any atom is 0.164 e. The standard InChI is InChI=1S/C60H40N4S/c1-37-27-31-43(32-28-37)64-52-25-14-21-46(59-62-57(39-16-5-3-6-17-39)61-58(63-59)40-18-7-4-8-19-40)55(52)45-33-29-42(36-53(45)64)41-30-34-49-47(35-41)44-20-9-10-22-48(44)60(49)50-23-11-12-26-54(50)65-56-38(2)15-13-24-51(56)60/h3-36H,1-2H3. The summed E-state index contributed by atoms with van der Waals surface area (Å²) in [5.41, 5.74) is 18.6. The summed E-state index contributed by atoms with van der Waals surface area (Å²) in [6.45, 7) is 4.39. The first-order valence-electron chi connectivity index (χ1n) is 22.2. The minimum absolute atomic E-state index is 0.415. The molecule has 1 spiro atoms. The van der Waals surface area contributed by atoms with Crippen LogP contribution in [0.2, 0.25) is 0 Å². The number of hydrogen-bond acceptors (Lipinski definition) is 4. The topological polar surface area (TPSA) is 43.6 Å². The van der Waals surface area contributed by atoms with Crippen LogP contribution in [0.4, 0.5) is 0 Å². The Bertz CT molecular complexity index is 3650. The second-order valence-corrected chi connectivity index (χ2v) is 18.3. The van der Waals surface area contributed by atoms with E-state index in [9.17, 15) is 0 Å². The quantitative estimate of drug-likeness (QED) is 0.173. The molecular formula is C60H40N4S. The van der Waals surface area contributed by atoms with Gasteiger partial charge in [-0.1, -0.05) is 187 Å². The average Bonchev–Trinajstić information content (AvgIpc) is 3.85. The third-order valence-electron chi connectivity index (χ3n) is 13.5. The van der Waals surface area contributed by atoms with Crippen LogP contribution in [-0.4, -0.2) is 19.5 Å². The summed E-state index contributed by atoms with van der Waals surface area (Å²) in [4.78, 5) is 18.1. The van der Waals surface area contributed by atoms with E-state index in [1.807, 2.05) is 48.2 Å². The Kier molecular flexibility index (Phi) is 8.46. The van der Waals surface area contributed by atoms with Crippen molar-refractivity contribution in [2.24, 2.45) is 0 Å². The van der Waals surface area contributed by atoms with Crippen molar-refractivity contribution in [1.29, 1.82) is 0 Å². The maximum absolute atomic E-state index is 5.20. The van der Waals surface area contributed by atoms with Crippen molar-refractivity contribution in [2.45, 2.75) is 29.1 Å². The predicted octanol–water partition coefficient (Wildman–Crippen LogP) is 15.1. The summed E-state index contributed by atoms with van der Waals surface area (Å²) in [6.07, 6.45) is 0. The highest BCUT2D eigenvalue weighted by Gasteiger charge is 2.50. The molecule has 0 radical (unpaired) electrons. The van der Waals surface area contributed by atoms with Gasteiger partial charge >= 0.3 is 0 Å². The zero-order valence-electron chi connectivity index (χ0n) is 35.8. The van der Waals surface area contributed by atoms with Crippen molar-refractivity contribution < 1.29 is 0 Å². The number of aryl methyl sites for hydroxylation is 2. The third kappa shape index (κ3) is 5.68. The molecule has 1 unspecified atom stereocenters. The van der Waals surface area contributed by atoms with Gasteiger partial charge in [0.25, 0.3) is 0 Å². The van der Waals surface area contributed by atoms with Crippen LogP contribution in [0.3, 0.4) is 0 Å². The van der Waals surface area contributed by atoms with Gasteiger partial charge in [0.1, 0.15) is 0 Å². The molecule has 11 aromatic rings. The Morgan fingerprint density at radius 1 is 0.415 bits per heavy atom. The van der Waals surface area contributed by atoms with Crippen molar-refractivity contribution in [2.75, 3.05) is 0 Å². The molecule has 2 aliphatic rings. The highest BCUT2D eigenvalue weighted by Crippen LogP contribution is 2.63. The summed E-state index contributed by atoms with van der Waals surface area (Å²) in [6, 6.07) is 74.9. The van der Waals surface area contributed by atoms with Crippen LogP contribution < -0.4 is 0 Å². The van der Waals surface area contributed by atoms with Crippen LogP contribution >= 0.6 is 11.8 Å². The molecule has 0 N–H and O–H groups in total. The lowest BCUT2D eigenvalue weighted by atomic mass is 9.67. The fourth-order valence-corrected chi connectivity index (χ4v) is 11.8. The van der Waals surface area contributed by atoms with E-state index in [0.29, 0.717) is 17.5 Å². The second-order valence-electron chi connectivity index (χ2n) is 17.2. The minimum atomic E-state index is -0.415. The van der Waals surface area contributed by atoms with E-state index >= 15 is 0 Å². The van der Waals surface area contributed by atoms with Gasteiger partial charge in [-0.25, -0.2) is 15.0 Å². The molecule has 9 aromatic carbocycles. The lowest BCUT2D eigenvalue weighted by Crippen LogP contribution is -2.32. The van der Waals surface area contributed by atoms with Gasteiger partial charge in [-0.3, -0.25) is 0 Å². The van der Waals surface area contributed by atoms with Crippen LogP contribution in [0.5, 0.6) is 0 Å². The lowest BCUT2D eigenvalue weighted by Gasteiger charge is -2.40. The van der Waals surface area contributed by atoms with Crippen LogP contribution in [-0.2, 0) is 5.41 Å². The summed E-state index contributed by atoms with van der Waals surface area (Å²) >= 11 is 1.91. The molecule has 0 fully saturated rings. The molecular weight excluding hydrogens is 809 g/mol. The van der Waals surface area contributed by atoms with E-state index in [1.165, 1.54) is 59.9 Å². The van der Waals surface area contributed by atoms with Crippen molar-refractivity contribution >= 4 is 33.6 Å². The Labute approximate surface area is 382 Å². The van der Waals surface area contributed by atoms with E-state index in [0.717, 1.165) is 49.7 Å². The van der Waals surface area contributed by atoms with Crippen molar-refractivity contribution in [1.82, 2.24) is 19.5 Å². The van der Waals surface area contributed by atoms with Gasteiger partial charge in [-0.2, -0.15) is 0 Å². The van der Waals surface area contributed by atoms with Gasteiger partial charge in [-0.05, 0) is 100 Å². The molecule has 0 saturated carbocycles. The Morgan fingerprint density at radius 3 is 1.78 bits per heavy atom. The largest absolute Gasteiger partial charge is 0.309 e. The van der Waals surface area contributed by atoms with E-state index in [1.54, 1.807) is 0 Å². The molecule has 2 aromatic heterocycles. The molecule has 13 rings (SSSR count). The predicted molar refractivity (Wildman–Crippen MR) is 267 cm³/mol. The van der Waals surface area contributed by atoms with Gasteiger partial charge in [0.2, 0.25) is 0 Å². The number of fused-ring (bicyclic) bond motifs is 12. The van der Waals surface area contributed by atoms with Gasteiger partial charge in [-0.15, -0.1) is 0 Å². The Hall–Kier alpha value is -7.86. The Balaban J connectivity index is 1.03. The van der Waals surface area contributed by atoms with Crippen molar-refractivity contribution in [3.63, 3.8) is 0 Å². The number of aromatic nitrogens is 4. The van der Waals surface area contributed by atoms with Gasteiger partial charge in [0.15, 0.2) is 17.5 Å². The van der Waals surface area contributed by atoms with E-state index in [-0.39, 0.29) is 0 Å². The summed E-state index contributed by atoms with van der Waals surface area (Å²) in [5.74, 6) is 1.93. The third-order valence-corrected chi connectivity index (χ3v) is 14.8. The van der Waals surface area contributed by atoms with Gasteiger partial charge < -0.3 is 4.57 Å². The van der Waals surface area contributed by atoms with Crippen molar-refractivity contribution in [3.8, 4) is 62.1 Å².